The van der Waals surface area contributed by atoms with Crippen molar-refractivity contribution in [3.8, 4) is 0 Å². The predicted molar refractivity (Wildman–Crippen MR) is 83.9 cm³/mol. The maximum absolute atomic E-state index is 9.99. The van der Waals surface area contributed by atoms with E-state index in [4.69, 9.17) is 9.15 Å². The Bertz CT molecular complexity index is 596. The lowest BCUT2D eigenvalue weighted by molar-refractivity contribution is 0.0209. The second-order valence-electron chi connectivity index (χ2n) is 5.87. The molecule has 126 valence electrons. The van der Waals surface area contributed by atoms with Gasteiger partial charge in [0.1, 0.15) is 18.2 Å². The van der Waals surface area contributed by atoms with Crippen LogP contribution in [0.4, 0.5) is 0 Å². The predicted octanol–water partition coefficient (Wildman–Crippen LogP) is 0.916. The minimum Gasteiger partial charge on any atom is -0.467 e. The summed E-state index contributed by atoms with van der Waals surface area (Å²) >= 11 is 0. The van der Waals surface area contributed by atoms with E-state index < -0.39 is 6.10 Å². The summed E-state index contributed by atoms with van der Waals surface area (Å²) < 4.78 is 12.6. The lowest BCUT2D eigenvalue weighted by atomic mass is 10.1. The quantitative estimate of drug-likeness (QED) is 0.752. The highest BCUT2D eigenvalue weighted by molar-refractivity contribution is 4.98. The summed E-state index contributed by atoms with van der Waals surface area (Å²) in [6.07, 6.45) is 3.89. The van der Waals surface area contributed by atoms with E-state index >= 15 is 0 Å². The number of furan rings is 1. The van der Waals surface area contributed by atoms with Crippen molar-refractivity contribution in [2.75, 3.05) is 13.2 Å². The smallest absolute Gasteiger partial charge is 0.150 e. The van der Waals surface area contributed by atoms with E-state index in [1.54, 1.807) is 6.26 Å². The summed E-state index contributed by atoms with van der Waals surface area (Å²) in [4.78, 5) is 4.51. The maximum Gasteiger partial charge on any atom is 0.150 e. The second kappa shape index (κ2) is 7.72. The number of nitrogens with zero attached hydrogens (tertiary/aromatic N) is 3. The number of fused-ring (bicyclic) bond motifs is 1. The third kappa shape index (κ3) is 4.40. The molecule has 0 aromatic carbocycles. The van der Waals surface area contributed by atoms with Gasteiger partial charge >= 0.3 is 0 Å². The van der Waals surface area contributed by atoms with Crippen LogP contribution >= 0.6 is 0 Å². The molecule has 7 nitrogen and oxygen atoms in total. The molecule has 0 aliphatic carbocycles. The Morgan fingerprint density at radius 1 is 1.57 bits per heavy atom. The van der Waals surface area contributed by atoms with E-state index in [-0.39, 0.29) is 6.61 Å². The highest BCUT2D eigenvalue weighted by Gasteiger charge is 2.21. The normalized spacial score (nSPS) is 18.8. The first kappa shape index (κ1) is 16.2. The van der Waals surface area contributed by atoms with Gasteiger partial charge in [-0.2, -0.15) is 5.10 Å². The largest absolute Gasteiger partial charge is 0.467 e. The first-order valence-corrected chi connectivity index (χ1v) is 8.18. The van der Waals surface area contributed by atoms with Crippen LogP contribution in [0.5, 0.6) is 0 Å². The molecule has 0 unspecified atom stereocenters. The molecule has 2 aromatic rings. The van der Waals surface area contributed by atoms with Crippen LogP contribution in [0.2, 0.25) is 0 Å². The molecule has 0 saturated heterocycles. The molecule has 2 aromatic heterocycles. The molecule has 7 heteroatoms. The van der Waals surface area contributed by atoms with Crippen LogP contribution in [-0.4, -0.2) is 45.2 Å². The maximum atomic E-state index is 9.99. The summed E-state index contributed by atoms with van der Waals surface area (Å²) in [5, 5.41) is 17.9. The number of nitrogens with one attached hydrogen (secondary N) is 1. The number of hydrogen-bond donors (Lipinski definition) is 2. The average molecular weight is 320 g/mol. The SMILES string of the molecule is CCc1nc2n(n1)C[C@H](NC[C@H](O)COCc1ccco1)CC2. The van der Waals surface area contributed by atoms with Crippen molar-refractivity contribution >= 4 is 0 Å². The van der Waals surface area contributed by atoms with Crippen molar-refractivity contribution in [2.24, 2.45) is 0 Å². The van der Waals surface area contributed by atoms with Crippen LogP contribution in [0, 0.1) is 0 Å². The van der Waals surface area contributed by atoms with Crippen molar-refractivity contribution in [1.29, 1.82) is 0 Å². The van der Waals surface area contributed by atoms with Crippen LogP contribution < -0.4 is 5.32 Å². The van der Waals surface area contributed by atoms with Crippen LogP contribution in [0.25, 0.3) is 0 Å². The van der Waals surface area contributed by atoms with E-state index in [0.29, 0.717) is 19.2 Å². The Morgan fingerprint density at radius 2 is 2.48 bits per heavy atom. The second-order valence-corrected chi connectivity index (χ2v) is 5.87. The molecule has 0 saturated carbocycles. The zero-order valence-electron chi connectivity index (χ0n) is 13.4. The molecule has 3 heterocycles. The molecular weight excluding hydrogens is 296 g/mol. The fraction of sp³-hybridized carbons (Fsp3) is 0.625. The fourth-order valence-corrected chi connectivity index (χ4v) is 2.73. The van der Waals surface area contributed by atoms with Crippen molar-refractivity contribution in [3.63, 3.8) is 0 Å². The molecule has 0 fully saturated rings. The first-order valence-electron chi connectivity index (χ1n) is 8.18. The van der Waals surface area contributed by atoms with Gasteiger partial charge in [-0.25, -0.2) is 9.67 Å². The van der Waals surface area contributed by atoms with E-state index in [0.717, 1.165) is 43.2 Å². The molecule has 1 aliphatic heterocycles. The van der Waals surface area contributed by atoms with Gasteiger partial charge in [-0.05, 0) is 18.6 Å². The van der Waals surface area contributed by atoms with Gasteiger partial charge in [0, 0.05) is 25.4 Å². The number of rotatable bonds is 8. The van der Waals surface area contributed by atoms with Crippen molar-refractivity contribution in [3.05, 3.63) is 35.8 Å². The Morgan fingerprint density at radius 3 is 3.26 bits per heavy atom. The molecule has 0 radical (unpaired) electrons. The van der Waals surface area contributed by atoms with Crippen molar-refractivity contribution in [2.45, 2.75) is 51.5 Å². The van der Waals surface area contributed by atoms with Gasteiger partial charge in [0.15, 0.2) is 5.82 Å². The van der Waals surface area contributed by atoms with E-state index in [2.05, 4.69) is 22.3 Å². The molecule has 23 heavy (non-hydrogen) atoms. The summed E-state index contributed by atoms with van der Waals surface area (Å²) in [6.45, 7) is 4.05. The number of aliphatic hydroxyl groups is 1. The lowest BCUT2D eigenvalue weighted by Crippen LogP contribution is -2.42. The fourth-order valence-electron chi connectivity index (χ4n) is 2.73. The summed E-state index contributed by atoms with van der Waals surface area (Å²) in [5.41, 5.74) is 0. The summed E-state index contributed by atoms with van der Waals surface area (Å²) in [6, 6.07) is 3.99. The number of aromatic nitrogens is 3. The van der Waals surface area contributed by atoms with E-state index in [1.807, 2.05) is 16.8 Å². The van der Waals surface area contributed by atoms with Crippen molar-refractivity contribution < 1.29 is 14.3 Å². The average Bonchev–Trinajstić information content (AvgIpc) is 3.21. The topological polar surface area (TPSA) is 85.3 Å². The van der Waals surface area contributed by atoms with Gasteiger partial charge in [0.2, 0.25) is 0 Å². The molecule has 0 bridgehead atoms. The number of aliphatic hydroxyl groups excluding tert-OH is 1. The van der Waals surface area contributed by atoms with Gasteiger partial charge in [0.05, 0.1) is 25.5 Å². The van der Waals surface area contributed by atoms with Gasteiger partial charge in [0.25, 0.3) is 0 Å². The molecule has 1 aliphatic rings. The van der Waals surface area contributed by atoms with Crippen LogP contribution in [0.15, 0.2) is 22.8 Å². The highest BCUT2D eigenvalue weighted by atomic mass is 16.5. The molecule has 2 N–H and O–H groups in total. The molecule has 0 spiro atoms. The molecular formula is C16H24N4O3. The molecule has 2 atom stereocenters. The van der Waals surface area contributed by atoms with Gasteiger partial charge < -0.3 is 19.6 Å². The Balaban J connectivity index is 1.37. The van der Waals surface area contributed by atoms with Gasteiger partial charge in [-0.1, -0.05) is 6.92 Å². The van der Waals surface area contributed by atoms with Crippen molar-refractivity contribution in [1.82, 2.24) is 20.1 Å². The van der Waals surface area contributed by atoms with E-state index in [1.165, 1.54) is 0 Å². The van der Waals surface area contributed by atoms with Gasteiger partial charge in [-0.3, -0.25) is 0 Å². The van der Waals surface area contributed by atoms with Gasteiger partial charge in [-0.15, -0.1) is 0 Å². The zero-order valence-corrected chi connectivity index (χ0v) is 13.4. The third-order valence-corrected chi connectivity index (χ3v) is 3.99. The standard InChI is InChI=1S/C16H24N4O3/c1-2-15-18-16-6-5-12(9-20(16)19-15)17-8-13(21)10-22-11-14-4-3-7-23-14/h3-4,7,12-13,17,21H,2,5-6,8-11H2,1H3/t12-,13+/m1/s1. The number of aryl methyl sites for hydroxylation is 2. The first-order chi connectivity index (χ1) is 11.2. The Hall–Kier alpha value is -1.70. The zero-order chi connectivity index (χ0) is 16.1. The summed E-state index contributed by atoms with van der Waals surface area (Å²) in [7, 11) is 0. The highest BCUT2D eigenvalue weighted by Crippen LogP contribution is 2.13. The van der Waals surface area contributed by atoms with Crippen LogP contribution in [0.1, 0.15) is 30.8 Å². The summed E-state index contributed by atoms with van der Waals surface area (Å²) in [5.74, 6) is 2.75. The molecule has 3 rings (SSSR count). The molecule has 0 amide bonds. The van der Waals surface area contributed by atoms with Crippen LogP contribution in [0.3, 0.4) is 0 Å². The minimum absolute atomic E-state index is 0.287. The minimum atomic E-state index is -0.534. The number of ether oxygens (including phenoxy) is 1. The Labute approximate surface area is 135 Å². The third-order valence-electron chi connectivity index (χ3n) is 3.99. The van der Waals surface area contributed by atoms with Crippen LogP contribution in [-0.2, 0) is 30.7 Å². The monoisotopic (exact) mass is 320 g/mol. The van der Waals surface area contributed by atoms with E-state index in [9.17, 15) is 5.11 Å². The number of hydrogen-bond acceptors (Lipinski definition) is 6. The Kier molecular flexibility index (Phi) is 5.43. The lowest BCUT2D eigenvalue weighted by Gasteiger charge is -2.24.